The van der Waals surface area contributed by atoms with Gasteiger partial charge in [0.15, 0.2) is 0 Å². The molecule has 22 heavy (non-hydrogen) atoms. The van der Waals surface area contributed by atoms with E-state index in [1.807, 2.05) is 25.1 Å². The minimum absolute atomic E-state index is 0. The molecular formula is C16H21ClN2O3. The minimum Gasteiger partial charge on any atom is -0.496 e. The predicted molar refractivity (Wildman–Crippen MR) is 87.6 cm³/mol. The number of nitrogens with one attached hydrogen (secondary N) is 1. The van der Waals surface area contributed by atoms with Crippen LogP contribution in [0.25, 0.3) is 0 Å². The molecule has 3 N–H and O–H groups in total. The maximum absolute atomic E-state index is 11.9. The third-order valence-electron chi connectivity index (χ3n) is 3.29. The third kappa shape index (κ3) is 4.51. The number of benzene rings is 1. The fourth-order valence-electron chi connectivity index (χ4n) is 2.05. The van der Waals surface area contributed by atoms with Crippen LogP contribution in [0.4, 0.5) is 0 Å². The molecule has 1 amide bonds. The average molecular weight is 325 g/mol. The van der Waals surface area contributed by atoms with Crippen LogP contribution in [-0.4, -0.2) is 19.6 Å². The van der Waals surface area contributed by atoms with Crippen LogP contribution in [0.5, 0.6) is 5.75 Å². The van der Waals surface area contributed by atoms with Gasteiger partial charge in [0.2, 0.25) is 0 Å². The van der Waals surface area contributed by atoms with Crippen LogP contribution >= 0.6 is 12.4 Å². The van der Waals surface area contributed by atoms with E-state index < -0.39 is 0 Å². The van der Waals surface area contributed by atoms with Crippen LogP contribution in [0.2, 0.25) is 0 Å². The highest BCUT2D eigenvalue weighted by atomic mass is 35.5. The summed E-state index contributed by atoms with van der Waals surface area (Å²) < 4.78 is 10.4. The standard InChI is InChI=1S/C16H20N2O3.ClH/c1-11-3-4-12(7-15(11)20-2)5-6-18-16(19)13-8-14(9-17)21-10-13;/h3-4,7-8,10H,5-6,9,17H2,1-2H3,(H,18,19);1H. The van der Waals surface area contributed by atoms with Gasteiger partial charge < -0.3 is 20.2 Å². The predicted octanol–water partition coefficient (Wildman–Crippen LogP) is 2.45. The molecule has 0 radical (unpaired) electrons. The molecule has 5 nitrogen and oxygen atoms in total. The Hall–Kier alpha value is -1.98. The number of carbonyl (C=O) groups excluding carboxylic acids is 1. The first-order valence-electron chi connectivity index (χ1n) is 6.83. The molecule has 0 saturated heterocycles. The van der Waals surface area contributed by atoms with Crippen molar-refractivity contribution < 1.29 is 13.9 Å². The summed E-state index contributed by atoms with van der Waals surface area (Å²) in [5, 5.41) is 2.86. The summed E-state index contributed by atoms with van der Waals surface area (Å²) in [6, 6.07) is 7.70. The maximum Gasteiger partial charge on any atom is 0.254 e. The number of carbonyl (C=O) groups is 1. The van der Waals surface area contributed by atoms with E-state index in [2.05, 4.69) is 5.32 Å². The second-order valence-corrected chi connectivity index (χ2v) is 4.82. The normalized spacial score (nSPS) is 9.95. The molecule has 0 bridgehead atoms. The van der Waals surface area contributed by atoms with Crippen molar-refractivity contribution in [2.24, 2.45) is 5.73 Å². The number of methoxy groups -OCH3 is 1. The average Bonchev–Trinajstić information content (AvgIpc) is 2.98. The molecule has 0 aliphatic heterocycles. The van der Waals surface area contributed by atoms with Gasteiger partial charge in [0.05, 0.1) is 19.2 Å². The first-order chi connectivity index (χ1) is 10.1. The topological polar surface area (TPSA) is 77.5 Å². The van der Waals surface area contributed by atoms with Gasteiger partial charge in [-0.05, 0) is 36.6 Å². The first kappa shape index (κ1) is 18.1. The van der Waals surface area contributed by atoms with E-state index in [4.69, 9.17) is 14.9 Å². The summed E-state index contributed by atoms with van der Waals surface area (Å²) in [7, 11) is 1.65. The number of hydrogen-bond donors (Lipinski definition) is 2. The summed E-state index contributed by atoms with van der Waals surface area (Å²) >= 11 is 0. The minimum atomic E-state index is -0.155. The number of halogens is 1. The Balaban J connectivity index is 0.00000242. The van der Waals surface area contributed by atoms with Crippen LogP contribution in [0.15, 0.2) is 34.9 Å². The van der Waals surface area contributed by atoms with Gasteiger partial charge in [0.25, 0.3) is 5.91 Å². The van der Waals surface area contributed by atoms with E-state index in [0.29, 0.717) is 17.9 Å². The molecule has 1 heterocycles. The van der Waals surface area contributed by atoms with Crippen molar-refractivity contribution in [3.8, 4) is 5.75 Å². The van der Waals surface area contributed by atoms with Crippen molar-refractivity contribution in [1.29, 1.82) is 0 Å². The van der Waals surface area contributed by atoms with Crippen molar-refractivity contribution in [3.05, 3.63) is 53.0 Å². The molecule has 120 valence electrons. The molecule has 0 spiro atoms. The molecule has 1 aromatic carbocycles. The highest BCUT2D eigenvalue weighted by Crippen LogP contribution is 2.19. The molecule has 0 saturated carbocycles. The third-order valence-corrected chi connectivity index (χ3v) is 3.29. The Morgan fingerprint density at radius 3 is 2.77 bits per heavy atom. The quantitative estimate of drug-likeness (QED) is 0.855. The smallest absolute Gasteiger partial charge is 0.254 e. The van der Waals surface area contributed by atoms with Gasteiger partial charge in [0.1, 0.15) is 17.8 Å². The van der Waals surface area contributed by atoms with Gasteiger partial charge >= 0.3 is 0 Å². The van der Waals surface area contributed by atoms with E-state index >= 15 is 0 Å². The summed E-state index contributed by atoms with van der Waals surface area (Å²) in [5.41, 5.74) is 8.15. The van der Waals surface area contributed by atoms with Crippen LogP contribution < -0.4 is 15.8 Å². The van der Waals surface area contributed by atoms with Crippen LogP contribution in [-0.2, 0) is 13.0 Å². The molecular weight excluding hydrogens is 304 g/mol. The number of ether oxygens (including phenoxy) is 1. The Kier molecular flexibility index (Phi) is 6.95. The fraction of sp³-hybridized carbons (Fsp3) is 0.312. The zero-order chi connectivity index (χ0) is 15.2. The van der Waals surface area contributed by atoms with Crippen molar-refractivity contribution >= 4 is 18.3 Å². The van der Waals surface area contributed by atoms with E-state index in [9.17, 15) is 4.79 Å². The second-order valence-electron chi connectivity index (χ2n) is 4.82. The van der Waals surface area contributed by atoms with Gasteiger partial charge in [-0.2, -0.15) is 0 Å². The van der Waals surface area contributed by atoms with Crippen molar-refractivity contribution in [3.63, 3.8) is 0 Å². The van der Waals surface area contributed by atoms with E-state index in [0.717, 1.165) is 23.3 Å². The Morgan fingerprint density at radius 1 is 1.36 bits per heavy atom. The summed E-state index contributed by atoms with van der Waals surface area (Å²) in [6.07, 6.45) is 2.16. The number of aryl methyl sites for hydroxylation is 1. The Labute approximate surface area is 136 Å². The monoisotopic (exact) mass is 324 g/mol. The lowest BCUT2D eigenvalue weighted by Crippen LogP contribution is -2.25. The summed E-state index contributed by atoms with van der Waals surface area (Å²) in [4.78, 5) is 11.9. The SMILES string of the molecule is COc1cc(CCNC(=O)c2coc(CN)c2)ccc1C.Cl. The highest BCUT2D eigenvalue weighted by molar-refractivity contribution is 5.93. The molecule has 0 aliphatic carbocycles. The number of amides is 1. The van der Waals surface area contributed by atoms with Gasteiger partial charge in [-0.3, -0.25) is 4.79 Å². The Morgan fingerprint density at radius 2 is 2.14 bits per heavy atom. The van der Waals surface area contributed by atoms with Crippen molar-refractivity contribution in [1.82, 2.24) is 5.32 Å². The molecule has 0 aliphatic rings. The van der Waals surface area contributed by atoms with Gasteiger partial charge in [-0.25, -0.2) is 0 Å². The van der Waals surface area contributed by atoms with Crippen LogP contribution in [0, 0.1) is 6.92 Å². The molecule has 2 aromatic rings. The van der Waals surface area contributed by atoms with Gasteiger partial charge in [-0.1, -0.05) is 12.1 Å². The Bertz CT molecular complexity index is 626. The number of rotatable bonds is 6. The molecule has 2 rings (SSSR count). The molecule has 0 unspecified atom stereocenters. The number of hydrogen-bond acceptors (Lipinski definition) is 4. The largest absolute Gasteiger partial charge is 0.496 e. The second kappa shape index (κ2) is 8.46. The van der Waals surface area contributed by atoms with E-state index in [-0.39, 0.29) is 24.9 Å². The fourth-order valence-corrected chi connectivity index (χ4v) is 2.05. The summed E-state index contributed by atoms with van der Waals surface area (Å²) in [6.45, 7) is 2.84. The lowest BCUT2D eigenvalue weighted by atomic mass is 10.1. The summed E-state index contributed by atoms with van der Waals surface area (Å²) in [5.74, 6) is 1.31. The van der Waals surface area contributed by atoms with Gasteiger partial charge in [-0.15, -0.1) is 12.4 Å². The lowest BCUT2D eigenvalue weighted by molar-refractivity contribution is 0.0953. The zero-order valence-corrected chi connectivity index (χ0v) is 13.5. The van der Waals surface area contributed by atoms with Crippen molar-refractivity contribution in [2.45, 2.75) is 19.9 Å². The zero-order valence-electron chi connectivity index (χ0n) is 12.7. The highest BCUT2D eigenvalue weighted by Gasteiger charge is 2.09. The van der Waals surface area contributed by atoms with E-state index in [1.165, 1.54) is 6.26 Å². The molecule has 0 atom stereocenters. The maximum atomic E-state index is 11.9. The number of nitrogens with two attached hydrogens (primary N) is 1. The lowest BCUT2D eigenvalue weighted by Gasteiger charge is -2.08. The van der Waals surface area contributed by atoms with Crippen LogP contribution in [0.3, 0.4) is 0 Å². The van der Waals surface area contributed by atoms with E-state index in [1.54, 1.807) is 13.2 Å². The van der Waals surface area contributed by atoms with Gasteiger partial charge in [0, 0.05) is 6.54 Å². The molecule has 0 fully saturated rings. The van der Waals surface area contributed by atoms with Crippen molar-refractivity contribution in [2.75, 3.05) is 13.7 Å². The first-order valence-corrected chi connectivity index (χ1v) is 6.83. The van der Waals surface area contributed by atoms with Crippen LogP contribution in [0.1, 0.15) is 27.2 Å². The molecule has 1 aromatic heterocycles. The molecule has 6 heteroatoms. The number of furan rings is 1.